The highest BCUT2D eigenvalue weighted by Crippen LogP contribution is 2.29. The van der Waals surface area contributed by atoms with Gasteiger partial charge in [-0.1, -0.05) is 0 Å². The average Bonchev–Trinajstić information content (AvgIpc) is 2.85. The molecule has 11 heteroatoms. The molecule has 0 atom stereocenters. The predicted octanol–water partition coefficient (Wildman–Crippen LogP) is 1.42. The Bertz CT molecular complexity index is 1250. The molecule has 1 N–H and O–H groups in total. The van der Waals surface area contributed by atoms with E-state index in [1.165, 1.54) is 29.9 Å². The molecule has 2 aromatic carbocycles. The molecule has 2 heterocycles. The third-order valence-electron chi connectivity index (χ3n) is 6.01. The molecule has 1 aliphatic rings. The van der Waals surface area contributed by atoms with E-state index in [1.807, 2.05) is 0 Å². The molecule has 11 nitrogen and oxygen atoms in total. The molecule has 1 fully saturated rings. The van der Waals surface area contributed by atoms with Crippen molar-refractivity contribution in [2.45, 2.75) is 6.54 Å². The number of β-amino-alcohol motifs (C(OH)–C–C–N with tert-alkyl or cyclic N) is 1. The highest BCUT2D eigenvalue weighted by molar-refractivity contribution is 5.80. The molecular formula is C23H27N5O6. The molecule has 0 amide bonds. The second kappa shape index (κ2) is 10.2. The highest BCUT2D eigenvalue weighted by Gasteiger charge is 2.22. The Balaban J connectivity index is 1.83. The third kappa shape index (κ3) is 4.72. The fourth-order valence-electron chi connectivity index (χ4n) is 4.17. The van der Waals surface area contributed by atoms with E-state index in [-0.39, 0.29) is 17.7 Å². The number of nitrogens with zero attached hydrogens (tertiary/aromatic N) is 5. The summed E-state index contributed by atoms with van der Waals surface area (Å²) < 4.78 is 12.3. The van der Waals surface area contributed by atoms with Crippen molar-refractivity contribution in [3.63, 3.8) is 0 Å². The fourth-order valence-corrected chi connectivity index (χ4v) is 4.17. The Kier molecular flexibility index (Phi) is 7.06. The summed E-state index contributed by atoms with van der Waals surface area (Å²) in [5.41, 5.74) is 0.287. The van der Waals surface area contributed by atoms with E-state index in [4.69, 9.17) is 14.5 Å². The van der Waals surface area contributed by atoms with Gasteiger partial charge in [0.15, 0.2) is 0 Å². The topological polar surface area (TPSA) is 123 Å². The summed E-state index contributed by atoms with van der Waals surface area (Å²) in [4.78, 5) is 33.6. The minimum Gasteiger partial charge on any atom is -0.497 e. The van der Waals surface area contributed by atoms with Gasteiger partial charge in [0.25, 0.3) is 11.2 Å². The van der Waals surface area contributed by atoms with Crippen LogP contribution in [0.1, 0.15) is 5.82 Å². The van der Waals surface area contributed by atoms with Gasteiger partial charge in [-0.25, -0.2) is 4.98 Å². The van der Waals surface area contributed by atoms with Crippen molar-refractivity contribution in [2.75, 3.05) is 53.6 Å². The van der Waals surface area contributed by atoms with Gasteiger partial charge in [-0.15, -0.1) is 0 Å². The number of benzene rings is 2. The lowest BCUT2D eigenvalue weighted by atomic mass is 10.2. The fraction of sp³-hybridized carbons (Fsp3) is 0.391. The zero-order valence-corrected chi connectivity index (χ0v) is 19.1. The Labute approximate surface area is 195 Å². The van der Waals surface area contributed by atoms with Crippen LogP contribution in [0.2, 0.25) is 0 Å². The summed E-state index contributed by atoms with van der Waals surface area (Å²) in [6.45, 7) is 4.28. The van der Waals surface area contributed by atoms with Crippen LogP contribution in [0.25, 0.3) is 16.6 Å². The number of aromatic nitrogens is 2. The number of hydrogen-bond acceptors (Lipinski definition) is 9. The minimum absolute atomic E-state index is 0.120. The quantitative estimate of drug-likeness (QED) is 0.385. The number of fused-ring (bicyclic) bond motifs is 1. The van der Waals surface area contributed by atoms with Crippen LogP contribution in [0, 0.1) is 10.1 Å². The van der Waals surface area contributed by atoms with E-state index in [2.05, 4.69) is 9.80 Å². The first-order valence-corrected chi connectivity index (χ1v) is 10.9. The summed E-state index contributed by atoms with van der Waals surface area (Å²) in [7, 11) is 3.04. The van der Waals surface area contributed by atoms with Crippen molar-refractivity contribution >= 4 is 16.6 Å². The van der Waals surface area contributed by atoms with Crippen LogP contribution in [0.15, 0.2) is 41.2 Å². The molecule has 4 rings (SSSR count). The van der Waals surface area contributed by atoms with Crippen molar-refractivity contribution in [1.29, 1.82) is 0 Å². The molecule has 1 aliphatic heterocycles. The largest absolute Gasteiger partial charge is 0.497 e. The summed E-state index contributed by atoms with van der Waals surface area (Å²) in [5, 5.41) is 20.6. The number of aliphatic hydroxyl groups is 1. The standard InChI is InChI=1S/C23H27N5O6/c1-33-17-4-6-20(21(14-17)34-2)27-22(15-26-9-7-25(8-10-26)11-12-29)24-19-5-3-16(28(31)32)13-18(19)23(27)30/h3-6,13-14,29H,7-12,15H2,1-2H3. The van der Waals surface area contributed by atoms with Gasteiger partial charge in [-0.2, -0.15) is 0 Å². The van der Waals surface area contributed by atoms with Crippen molar-refractivity contribution in [3.8, 4) is 17.2 Å². The van der Waals surface area contributed by atoms with Gasteiger partial charge in [0.2, 0.25) is 0 Å². The number of nitro benzene ring substituents is 1. The molecule has 180 valence electrons. The molecule has 0 radical (unpaired) electrons. The number of piperazine rings is 1. The lowest BCUT2D eigenvalue weighted by Crippen LogP contribution is -2.47. The van der Waals surface area contributed by atoms with Gasteiger partial charge >= 0.3 is 0 Å². The number of nitro groups is 1. The van der Waals surface area contributed by atoms with Crippen LogP contribution in [-0.4, -0.2) is 82.9 Å². The highest BCUT2D eigenvalue weighted by atomic mass is 16.6. The van der Waals surface area contributed by atoms with Gasteiger partial charge in [-0.3, -0.25) is 29.3 Å². The van der Waals surface area contributed by atoms with Crippen LogP contribution < -0.4 is 15.0 Å². The van der Waals surface area contributed by atoms with Crippen LogP contribution in [0.5, 0.6) is 11.5 Å². The Morgan fingerprint density at radius 2 is 1.79 bits per heavy atom. The summed E-state index contributed by atoms with van der Waals surface area (Å²) in [6, 6.07) is 9.23. The number of non-ortho nitro benzene ring substituents is 1. The average molecular weight is 469 g/mol. The van der Waals surface area contributed by atoms with Gasteiger partial charge in [-0.05, 0) is 18.2 Å². The van der Waals surface area contributed by atoms with Crippen LogP contribution in [0.3, 0.4) is 0 Å². The molecule has 0 unspecified atom stereocenters. The maximum Gasteiger partial charge on any atom is 0.270 e. The number of hydrogen-bond donors (Lipinski definition) is 1. The smallest absolute Gasteiger partial charge is 0.270 e. The Hall–Kier alpha value is -3.54. The Morgan fingerprint density at radius 3 is 2.44 bits per heavy atom. The van der Waals surface area contributed by atoms with Crippen molar-refractivity contribution < 1.29 is 19.5 Å². The zero-order chi connectivity index (χ0) is 24.2. The molecule has 34 heavy (non-hydrogen) atoms. The molecule has 3 aromatic rings. The molecule has 0 spiro atoms. The Morgan fingerprint density at radius 1 is 1.06 bits per heavy atom. The van der Waals surface area contributed by atoms with Gasteiger partial charge in [0, 0.05) is 50.9 Å². The first-order valence-electron chi connectivity index (χ1n) is 10.9. The molecular weight excluding hydrogens is 442 g/mol. The normalized spacial score (nSPS) is 14.9. The van der Waals surface area contributed by atoms with E-state index in [1.54, 1.807) is 25.3 Å². The van der Waals surface area contributed by atoms with Gasteiger partial charge in [0.1, 0.15) is 17.3 Å². The molecule has 0 aliphatic carbocycles. The third-order valence-corrected chi connectivity index (χ3v) is 6.01. The lowest BCUT2D eigenvalue weighted by Gasteiger charge is -2.34. The molecule has 1 aromatic heterocycles. The van der Waals surface area contributed by atoms with E-state index in [9.17, 15) is 20.0 Å². The summed E-state index contributed by atoms with van der Waals surface area (Å²) in [5.74, 6) is 1.49. The maximum absolute atomic E-state index is 13.7. The molecule has 0 saturated carbocycles. The lowest BCUT2D eigenvalue weighted by molar-refractivity contribution is -0.384. The van der Waals surface area contributed by atoms with Crippen molar-refractivity contribution in [1.82, 2.24) is 19.4 Å². The maximum atomic E-state index is 13.7. The number of rotatable bonds is 8. The SMILES string of the molecule is COc1ccc(-n2c(CN3CCN(CCO)CC3)nc3ccc([N+](=O)[O-])cc3c2=O)c(OC)c1. The van der Waals surface area contributed by atoms with Crippen LogP contribution in [0.4, 0.5) is 5.69 Å². The van der Waals surface area contributed by atoms with Crippen molar-refractivity contribution in [2.24, 2.45) is 0 Å². The number of methoxy groups -OCH3 is 2. The second-order valence-corrected chi connectivity index (χ2v) is 8.01. The summed E-state index contributed by atoms with van der Waals surface area (Å²) in [6.07, 6.45) is 0. The summed E-state index contributed by atoms with van der Waals surface area (Å²) >= 11 is 0. The predicted molar refractivity (Wildman–Crippen MR) is 126 cm³/mol. The van der Waals surface area contributed by atoms with E-state index in [0.717, 1.165) is 26.2 Å². The van der Waals surface area contributed by atoms with E-state index in [0.29, 0.717) is 41.6 Å². The number of aliphatic hydroxyl groups excluding tert-OH is 1. The first-order chi connectivity index (χ1) is 16.4. The number of ether oxygens (including phenoxy) is 2. The van der Waals surface area contributed by atoms with Gasteiger partial charge < -0.3 is 14.6 Å². The first kappa shape index (κ1) is 23.6. The monoisotopic (exact) mass is 469 g/mol. The molecule has 0 bridgehead atoms. The van der Waals surface area contributed by atoms with Gasteiger partial charge in [0.05, 0.1) is 48.9 Å². The zero-order valence-electron chi connectivity index (χ0n) is 19.1. The van der Waals surface area contributed by atoms with Crippen LogP contribution >= 0.6 is 0 Å². The molecule has 1 saturated heterocycles. The van der Waals surface area contributed by atoms with E-state index < -0.39 is 10.5 Å². The van der Waals surface area contributed by atoms with E-state index >= 15 is 0 Å². The second-order valence-electron chi connectivity index (χ2n) is 8.01. The van der Waals surface area contributed by atoms with Crippen LogP contribution in [-0.2, 0) is 6.54 Å². The minimum atomic E-state index is -0.531. The van der Waals surface area contributed by atoms with Crippen molar-refractivity contribution in [3.05, 3.63) is 62.7 Å².